The molecule has 0 aliphatic rings. The molecule has 0 saturated carbocycles. The molecule has 0 saturated heterocycles. The Balaban J connectivity index is 1.85. The third kappa shape index (κ3) is 5.14. The molecule has 0 heterocycles. The van der Waals surface area contributed by atoms with Crippen LogP contribution in [0.5, 0.6) is 0 Å². The smallest absolute Gasteiger partial charge is 0.0213 e. The fourth-order valence-corrected chi connectivity index (χ4v) is 6.40. The lowest BCUT2D eigenvalue weighted by Crippen LogP contribution is -2.08. The molecule has 0 spiro atoms. The molecule has 2 unspecified atom stereocenters. The average molecular weight is 344 g/mol. The SMILES string of the molecule is Cc1cc(C)c(PCCCPc2c(C)cc(C)cc2C)c(C)c1. The van der Waals surface area contributed by atoms with Crippen molar-refractivity contribution in [3.63, 3.8) is 0 Å². The second-order valence-corrected chi connectivity index (χ2v) is 9.46. The summed E-state index contributed by atoms with van der Waals surface area (Å²) in [6.07, 6.45) is 4.01. The van der Waals surface area contributed by atoms with Crippen molar-refractivity contribution in [3.05, 3.63) is 57.6 Å². The molecular weight excluding hydrogens is 314 g/mol. The molecule has 2 rings (SSSR count). The zero-order valence-electron chi connectivity index (χ0n) is 15.4. The van der Waals surface area contributed by atoms with Gasteiger partial charge in [-0.1, -0.05) is 52.6 Å². The van der Waals surface area contributed by atoms with E-state index in [1.54, 1.807) is 10.6 Å². The van der Waals surface area contributed by atoms with Gasteiger partial charge in [-0.2, -0.15) is 0 Å². The van der Waals surface area contributed by atoms with Crippen molar-refractivity contribution in [2.45, 2.75) is 48.0 Å². The van der Waals surface area contributed by atoms with Crippen molar-refractivity contribution in [1.82, 2.24) is 0 Å². The fraction of sp³-hybridized carbons (Fsp3) is 0.429. The van der Waals surface area contributed by atoms with Crippen LogP contribution >= 0.6 is 17.2 Å². The number of hydrogen-bond acceptors (Lipinski definition) is 0. The first kappa shape index (κ1) is 18.6. The lowest BCUT2D eigenvalue weighted by atomic mass is 10.1. The van der Waals surface area contributed by atoms with Crippen LogP contribution in [0.15, 0.2) is 24.3 Å². The molecule has 0 aromatic heterocycles. The molecular formula is C21H30P2. The predicted octanol–water partition coefficient (Wildman–Crippen LogP) is 5.24. The van der Waals surface area contributed by atoms with Crippen molar-refractivity contribution in [2.75, 3.05) is 12.3 Å². The van der Waals surface area contributed by atoms with Crippen molar-refractivity contribution >= 4 is 27.8 Å². The summed E-state index contributed by atoms with van der Waals surface area (Å²) in [7, 11) is 1.93. The minimum atomic E-state index is 0.963. The van der Waals surface area contributed by atoms with E-state index in [2.05, 4.69) is 65.8 Å². The number of aryl methyl sites for hydroxylation is 6. The summed E-state index contributed by atoms with van der Waals surface area (Å²) in [5, 5.41) is 3.20. The molecule has 0 fully saturated rings. The topological polar surface area (TPSA) is 0 Å². The summed E-state index contributed by atoms with van der Waals surface area (Å²) >= 11 is 0. The van der Waals surface area contributed by atoms with Gasteiger partial charge in [0.1, 0.15) is 0 Å². The maximum atomic E-state index is 2.33. The molecule has 0 nitrogen and oxygen atoms in total. The van der Waals surface area contributed by atoms with E-state index in [1.165, 1.54) is 52.1 Å². The Kier molecular flexibility index (Phi) is 6.82. The maximum Gasteiger partial charge on any atom is -0.0213 e. The van der Waals surface area contributed by atoms with Gasteiger partial charge < -0.3 is 0 Å². The van der Waals surface area contributed by atoms with E-state index in [9.17, 15) is 0 Å². The van der Waals surface area contributed by atoms with Gasteiger partial charge in [0, 0.05) is 0 Å². The lowest BCUT2D eigenvalue weighted by molar-refractivity contribution is 1.12. The van der Waals surface area contributed by atoms with Crippen LogP contribution in [-0.2, 0) is 0 Å². The molecule has 2 heteroatoms. The zero-order chi connectivity index (χ0) is 17.0. The highest BCUT2D eigenvalue weighted by molar-refractivity contribution is 7.48. The molecule has 0 amide bonds. The monoisotopic (exact) mass is 344 g/mol. The Morgan fingerprint density at radius 1 is 0.565 bits per heavy atom. The summed E-state index contributed by atoms with van der Waals surface area (Å²) in [4.78, 5) is 0. The van der Waals surface area contributed by atoms with Gasteiger partial charge >= 0.3 is 0 Å². The maximum absolute atomic E-state index is 2.33. The van der Waals surface area contributed by atoms with Crippen LogP contribution in [0.4, 0.5) is 0 Å². The first-order valence-corrected chi connectivity index (χ1v) is 10.9. The van der Waals surface area contributed by atoms with Crippen LogP contribution in [0.1, 0.15) is 39.8 Å². The van der Waals surface area contributed by atoms with Crippen LogP contribution in [0.25, 0.3) is 0 Å². The molecule has 0 N–H and O–H groups in total. The van der Waals surface area contributed by atoms with E-state index in [0.717, 1.165) is 17.2 Å². The molecule has 2 atom stereocenters. The molecule has 0 radical (unpaired) electrons. The Morgan fingerprint density at radius 3 is 1.17 bits per heavy atom. The second-order valence-electron chi connectivity index (χ2n) is 6.75. The second kappa shape index (κ2) is 8.41. The van der Waals surface area contributed by atoms with Crippen molar-refractivity contribution in [2.24, 2.45) is 0 Å². The first-order valence-electron chi connectivity index (χ1n) is 8.52. The van der Waals surface area contributed by atoms with Gasteiger partial charge in [0.15, 0.2) is 0 Å². The van der Waals surface area contributed by atoms with E-state index >= 15 is 0 Å². The summed E-state index contributed by atoms with van der Waals surface area (Å²) in [5.74, 6) is 0. The molecule has 23 heavy (non-hydrogen) atoms. The van der Waals surface area contributed by atoms with Crippen LogP contribution in [0.2, 0.25) is 0 Å². The predicted molar refractivity (Wildman–Crippen MR) is 112 cm³/mol. The van der Waals surface area contributed by atoms with Gasteiger partial charge in [0.2, 0.25) is 0 Å². The summed E-state index contributed by atoms with van der Waals surface area (Å²) in [6, 6.07) is 9.32. The van der Waals surface area contributed by atoms with E-state index < -0.39 is 0 Å². The molecule has 0 bridgehead atoms. The third-order valence-electron chi connectivity index (χ3n) is 4.31. The number of rotatable bonds is 6. The quantitative estimate of drug-likeness (QED) is 0.497. The van der Waals surface area contributed by atoms with Crippen LogP contribution in [-0.4, -0.2) is 12.3 Å². The highest BCUT2D eigenvalue weighted by atomic mass is 31.1. The average Bonchev–Trinajstić information content (AvgIpc) is 2.42. The largest absolute Gasteiger partial charge is 0.0898 e. The van der Waals surface area contributed by atoms with Crippen molar-refractivity contribution in [3.8, 4) is 0 Å². The van der Waals surface area contributed by atoms with E-state index in [0.29, 0.717) is 0 Å². The molecule has 124 valence electrons. The first-order chi connectivity index (χ1) is 10.9. The molecule has 0 aliphatic carbocycles. The van der Waals surface area contributed by atoms with Crippen molar-refractivity contribution in [1.29, 1.82) is 0 Å². The summed E-state index contributed by atoms with van der Waals surface area (Å²) < 4.78 is 0. The van der Waals surface area contributed by atoms with Gasteiger partial charge in [0.05, 0.1) is 0 Å². The highest BCUT2D eigenvalue weighted by Crippen LogP contribution is 2.23. The minimum absolute atomic E-state index is 0.963. The molecule has 2 aromatic rings. The highest BCUT2D eigenvalue weighted by Gasteiger charge is 2.05. The normalized spacial score (nSPS) is 12.1. The Hall–Kier alpha value is -0.700. The fourth-order valence-electron chi connectivity index (χ4n) is 3.43. The van der Waals surface area contributed by atoms with Gasteiger partial charge in [-0.3, -0.25) is 0 Å². The minimum Gasteiger partial charge on any atom is -0.0898 e. The van der Waals surface area contributed by atoms with Crippen LogP contribution in [0.3, 0.4) is 0 Å². The van der Waals surface area contributed by atoms with E-state index in [4.69, 9.17) is 0 Å². The van der Waals surface area contributed by atoms with E-state index in [1.807, 2.05) is 0 Å². The van der Waals surface area contributed by atoms with Gasteiger partial charge in [-0.25, -0.2) is 0 Å². The van der Waals surface area contributed by atoms with Gasteiger partial charge in [-0.05, 0) is 93.1 Å². The Labute approximate surface area is 146 Å². The van der Waals surface area contributed by atoms with Crippen LogP contribution in [0, 0.1) is 41.5 Å². The van der Waals surface area contributed by atoms with Crippen molar-refractivity contribution < 1.29 is 0 Å². The van der Waals surface area contributed by atoms with E-state index in [-0.39, 0.29) is 0 Å². The molecule has 2 aromatic carbocycles. The van der Waals surface area contributed by atoms with Gasteiger partial charge in [-0.15, -0.1) is 0 Å². The number of hydrogen-bond donors (Lipinski definition) is 0. The zero-order valence-corrected chi connectivity index (χ0v) is 17.4. The van der Waals surface area contributed by atoms with Crippen LogP contribution < -0.4 is 10.6 Å². The standard InChI is InChI=1S/C21H30P2/c1-14-10-16(3)20(17(4)11-14)22-8-7-9-23-21-18(5)12-15(2)13-19(21)6/h10-13,22-23H,7-9H2,1-6H3. The number of benzene rings is 2. The third-order valence-corrected chi connectivity index (χ3v) is 7.80. The lowest BCUT2D eigenvalue weighted by Gasteiger charge is -2.13. The van der Waals surface area contributed by atoms with Gasteiger partial charge in [0.25, 0.3) is 0 Å². The summed E-state index contributed by atoms with van der Waals surface area (Å²) in [6.45, 7) is 13.5. The Bertz CT molecular complexity index is 581. The Morgan fingerprint density at radius 2 is 0.870 bits per heavy atom. The molecule has 0 aliphatic heterocycles. The summed E-state index contributed by atoms with van der Waals surface area (Å²) in [5.41, 5.74) is 8.70.